The molecule has 0 fully saturated rings. The fourth-order valence-corrected chi connectivity index (χ4v) is 3.00. The molecular formula is C16H17N3O4S. The number of carbonyl (C=O) groups excluding carboxylic acids is 1. The van der Waals surface area contributed by atoms with Gasteiger partial charge in [-0.3, -0.25) is 20.1 Å². The van der Waals surface area contributed by atoms with Crippen LogP contribution in [0.1, 0.15) is 12.5 Å². The third kappa shape index (κ3) is 4.79. The minimum Gasteiger partial charge on any atom is -0.289 e. The summed E-state index contributed by atoms with van der Waals surface area (Å²) in [5, 5.41) is 19.6. The molecule has 2 aromatic carbocycles. The maximum Gasteiger partial charge on any atom is 0.269 e. The highest BCUT2D eigenvalue weighted by molar-refractivity contribution is 7.97. The van der Waals surface area contributed by atoms with E-state index in [2.05, 4.69) is 0 Å². The molecule has 8 heteroatoms. The topological polar surface area (TPSA) is 95.7 Å². The first-order valence-electron chi connectivity index (χ1n) is 7.18. The Morgan fingerprint density at radius 1 is 1.25 bits per heavy atom. The Labute approximate surface area is 143 Å². The van der Waals surface area contributed by atoms with Crippen LogP contribution in [-0.2, 0) is 11.3 Å². The van der Waals surface area contributed by atoms with E-state index in [0.717, 1.165) is 10.5 Å². The lowest BCUT2D eigenvalue weighted by molar-refractivity contribution is -0.384. The molecule has 0 saturated heterocycles. The van der Waals surface area contributed by atoms with Crippen molar-refractivity contribution in [2.45, 2.75) is 24.4 Å². The first-order chi connectivity index (χ1) is 11.5. The molecule has 7 nitrogen and oxygen atoms in total. The van der Waals surface area contributed by atoms with Gasteiger partial charge in [-0.05, 0) is 36.6 Å². The summed E-state index contributed by atoms with van der Waals surface area (Å²) in [7, 11) is 0. The minimum absolute atomic E-state index is 0.00936. The molecule has 0 aliphatic heterocycles. The van der Waals surface area contributed by atoms with Crippen LogP contribution in [0.4, 0.5) is 5.69 Å². The number of amides is 1. The Kier molecular flexibility index (Phi) is 6.30. The number of carbonyl (C=O) groups is 1. The molecule has 0 heterocycles. The van der Waals surface area contributed by atoms with Crippen LogP contribution in [0.5, 0.6) is 0 Å². The third-order valence-electron chi connectivity index (χ3n) is 3.37. The molecule has 24 heavy (non-hydrogen) atoms. The Balaban J connectivity index is 2.18. The van der Waals surface area contributed by atoms with Gasteiger partial charge in [-0.15, -0.1) is 0 Å². The Morgan fingerprint density at radius 2 is 1.88 bits per heavy atom. The van der Waals surface area contributed by atoms with E-state index < -0.39 is 16.9 Å². The maximum absolute atomic E-state index is 11.8. The van der Waals surface area contributed by atoms with Crippen molar-refractivity contribution in [3.05, 3.63) is 70.3 Å². The molecule has 0 aromatic heterocycles. The molecule has 2 N–H and O–H groups in total. The Morgan fingerprint density at radius 3 is 2.42 bits per heavy atom. The van der Waals surface area contributed by atoms with Gasteiger partial charge in [0.15, 0.2) is 0 Å². The Bertz CT molecular complexity index is 694. The average Bonchev–Trinajstić information content (AvgIpc) is 2.61. The van der Waals surface area contributed by atoms with E-state index in [1.54, 1.807) is 28.8 Å². The van der Waals surface area contributed by atoms with Crippen molar-refractivity contribution in [3.8, 4) is 0 Å². The number of benzene rings is 2. The summed E-state index contributed by atoms with van der Waals surface area (Å²) < 4.78 is 1.79. The number of non-ortho nitro benzene ring substituents is 1. The monoisotopic (exact) mass is 347 g/mol. The van der Waals surface area contributed by atoms with Gasteiger partial charge in [0.25, 0.3) is 11.6 Å². The number of nitro benzene ring substituents is 1. The molecule has 126 valence electrons. The van der Waals surface area contributed by atoms with Crippen LogP contribution in [0.2, 0.25) is 0 Å². The van der Waals surface area contributed by atoms with E-state index in [9.17, 15) is 14.9 Å². The minimum atomic E-state index is -0.601. The standard InChI is InChI=1S/C16H17N3O4S/c1-12(16(20)17-21)18(11-13-5-3-2-4-6-13)24-15-9-7-14(8-10-15)19(22)23/h2-10,12,21H,11H2,1H3,(H,17,20)/t12-/m0/s1. The van der Waals surface area contributed by atoms with E-state index in [1.165, 1.54) is 24.1 Å². The number of rotatable bonds is 7. The predicted octanol–water partition coefficient (Wildman–Crippen LogP) is 3.00. The van der Waals surface area contributed by atoms with Crippen LogP contribution in [0, 0.1) is 10.1 Å². The highest BCUT2D eigenvalue weighted by Crippen LogP contribution is 2.28. The van der Waals surface area contributed by atoms with Gasteiger partial charge in [0.1, 0.15) is 0 Å². The third-order valence-corrected chi connectivity index (χ3v) is 4.54. The van der Waals surface area contributed by atoms with E-state index in [-0.39, 0.29) is 5.69 Å². The molecule has 0 saturated carbocycles. The van der Waals surface area contributed by atoms with Gasteiger partial charge in [0.05, 0.1) is 11.0 Å². The van der Waals surface area contributed by atoms with E-state index in [4.69, 9.17) is 5.21 Å². The fourth-order valence-electron chi connectivity index (χ4n) is 2.00. The molecule has 0 bridgehead atoms. The zero-order chi connectivity index (χ0) is 17.5. The second-order valence-electron chi connectivity index (χ2n) is 5.06. The molecule has 1 atom stereocenters. The highest BCUT2D eigenvalue weighted by atomic mass is 32.2. The van der Waals surface area contributed by atoms with Crippen molar-refractivity contribution < 1.29 is 14.9 Å². The van der Waals surface area contributed by atoms with Gasteiger partial charge in [0, 0.05) is 23.6 Å². The van der Waals surface area contributed by atoms with Crippen LogP contribution in [0.15, 0.2) is 59.5 Å². The molecule has 0 radical (unpaired) electrons. The zero-order valence-electron chi connectivity index (χ0n) is 13.0. The Hall–Kier alpha value is -2.42. The normalized spacial score (nSPS) is 12.0. The summed E-state index contributed by atoms with van der Waals surface area (Å²) in [6, 6.07) is 15.1. The first kappa shape index (κ1) is 17.9. The van der Waals surface area contributed by atoms with Gasteiger partial charge in [-0.25, -0.2) is 9.79 Å². The van der Waals surface area contributed by atoms with Crippen LogP contribution in [0.25, 0.3) is 0 Å². The molecule has 1 amide bonds. The van der Waals surface area contributed by atoms with E-state index >= 15 is 0 Å². The van der Waals surface area contributed by atoms with Crippen molar-refractivity contribution >= 4 is 23.5 Å². The van der Waals surface area contributed by atoms with Crippen molar-refractivity contribution in [1.29, 1.82) is 0 Å². The number of hydroxylamine groups is 1. The zero-order valence-corrected chi connectivity index (χ0v) is 13.8. The second kappa shape index (κ2) is 8.44. The van der Waals surface area contributed by atoms with E-state index in [1.807, 2.05) is 30.3 Å². The summed E-state index contributed by atoms with van der Waals surface area (Å²) >= 11 is 1.29. The molecule has 0 aliphatic carbocycles. The highest BCUT2D eigenvalue weighted by Gasteiger charge is 2.22. The quantitative estimate of drug-likeness (QED) is 0.346. The molecule has 0 spiro atoms. The summed E-state index contributed by atoms with van der Waals surface area (Å²) in [6.45, 7) is 2.14. The van der Waals surface area contributed by atoms with Crippen molar-refractivity contribution in [1.82, 2.24) is 9.79 Å². The summed E-state index contributed by atoms with van der Waals surface area (Å²) in [5.41, 5.74) is 2.67. The van der Waals surface area contributed by atoms with E-state index in [0.29, 0.717) is 6.54 Å². The second-order valence-corrected chi connectivity index (χ2v) is 6.18. The summed E-state index contributed by atoms with van der Waals surface area (Å²) in [4.78, 5) is 22.8. The largest absolute Gasteiger partial charge is 0.289 e. The van der Waals surface area contributed by atoms with Crippen LogP contribution in [-0.4, -0.2) is 26.4 Å². The first-order valence-corrected chi connectivity index (χ1v) is 7.95. The molecule has 0 unspecified atom stereocenters. The fraction of sp³-hybridized carbons (Fsp3) is 0.188. The van der Waals surface area contributed by atoms with Crippen molar-refractivity contribution in [2.75, 3.05) is 0 Å². The van der Waals surface area contributed by atoms with Crippen molar-refractivity contribution in [3.63, 3.8) is 0 Å². The molecule has 2 aromatic rings. The van der Waals surface area contributed by atoms with Crippen LogP contribution in [0.3, 0.4) is 0 Å². The summed E-state index contributed by atoms with van der Waals surface area (Å²) in [6.07, 6.45) is 0. The number of nitrogens with zero attached hydrogens (tertiary/aromatic N) is 2. The molecule has 0 aliphatic rings. The van der Waals surface area contributed by atoms with Gasteiger partial charge in [-0.1, -0.05) is 30.3 Å². The van der Waals surface area contributed by atoms with Gasteiger partial charge >= 0.3 is 0 Å². The van der Waals surface area contributed by atoms with Crippen LogP contribution >= 0.6 is 11.9 Å². The lowest BCUT2D eigenvalue weighted by Crippen LogP contribution is -2.40. The van der Waals surface area contributed by atoms with Gasteiger partial charge in [0.2, 0.25) is 0 Å². The molecular weight excluding hydrogens is 330 g/mol. The number of nitrogens with one attached hydrogen (secondary N) is 1. The lowest BCUT2D eigenvalue weighted by atomic mass is 10.2. The number of nitro groups is 1. The van der Waals surface area contributed by atoms with Gasteiger partial charge in [-0.2, -0.15) is 0 Å². The average molecular weight is 347 g/mol. The number of hydrogen-bond donors (Lipinski definition) is 2. The summed E-state index contributed by atoms with van der Waals surface area (Å²) in [5.74, 6) is -0.527. The van der Waals surface area contributed by atoms with Crippen LogP contribution < -0.4 is 5.48 Å². The van der Waals surface area contributed by atoms with Gasteiger partial charge < -0.3 is 0 Å². The van der Waals surface area contributed by atoms with Crippen molar-refractivity contribution in [2.24, 2.45) is 0 Å². The number of hydrogen-bond acceptors (Lipinski definition) is 6. The predicted molar refractivity (Wildman–Crippen MR) is 90.3 cm³/mol. The maximum atomic E-state index is 11.8. The smallest absolute Gasteiger partial charge is 0.269 e. The lowest BCUT2D eigenvalue weighted by Gasteiger charge is -2.26. The molecule has 2 rings (SSSR count). The SMILES string of the molecule is C[C@@H](C(=O)NO)N(Cc1ccccc1)Sc1ccc([N+](=O)[O-])cc1.